The molecular weight excluding hydrogens is 412 g/mol. The maximum absolute atomic E-state index is 12.9. The molecule has 1 N–H and O–H groups in total. The van der Waals surface area contributed by atoms with Gasteiger partial charge in [0.1, 0.15) is 12.4 Å². The van der Waals surface area contributed by atoms with Crippen molar-refractivity contribution in [2.75, 3.05) is 12.4 Å². The van der Waals surface area contributed by atoms with Crippen LogP contribution in [0.3, 0.4) is 0 Å². The lowest BCUT2D eigenvalue weighted by molar-refractivity contribution is 0.126. The highest BCUT2D eigenvalue weighted by molar-refractivity contribution is 7.99. The predicted octanol–water partition coefficient (Wildman–Crippen LogP) is 3.60. The summed E-state index contributed by atoms with van der Waals surface area (Å²) in [5.41, 5.74) is 2.93. The molecule has 0 aliphatic carbocycles. The van der Waals surface area contributed by atoms with Crippen molar-refractivity contribution in [3.63, 3.8) is 0 Å². The second kappa shape index (κ2) is 9.11. The summed E-state index contributed by atoms with van der Waals surface area (Å²) in [4.78, 5) is 12.9. The molecule has 2 aromatic heterocycles. The quantitative estimate of drug-likeness (QED) is 0.423. The molecule has 162 valence electrons. The van der Waals surface area contributed by atoms with E-state index in [2.05, 4.69) is 16.3 Å². The van der Waals surface area contributed by atoms with Crippen LogP contribution in [-0.2, 0) is 6.54 Å². The van der Waals surface area contributed by atoms with Gasteiger partial charge in [-0.3, -0.25) is 13.8 Å². The first-order valence-electron chi connectivity index (χ1n) is 10.4. The third-order valence-corrected chi connectivity index (χ3v) is 6.17. The molecule has 1 atom stereocenters. The number of benzene rings is 2. The second-order valence-electron chi connectivity index (χ2n) is 7.64. The summed E-state index contributed by atoms with van der Waals surface area (Å²) in [6, 6.07) is 13.4. The van der Waals surface area contributed by atoms with Crippen LogP contribution < -0.4 is 10.3 Å². The van der Waals surface area contributed by atoms with Gasteiger partial charge < -0.3 is 9.84 Å². The number of ether oxygens (including phenoxy) is 1. The van der Waals surface area contributed by atoms with Crippen molar-refractivity contribution < 1.29 is 9.84 Å². The van der Waals surface area contributed by atoms with E-state index < -0.39 is 6.10 Å². The molecule has 0 saturated carbocycles. The second-order valence-corrected chi connectivity index (χ2v) is 8.62. The Kier molecular flexibility index (Phi) is 6.29. The van der Waals surface area contributed by atoms with Gasteiger partial charge >= 0.3 is 0 Å². The molecular formula is C23H26N4O3S. The fourth-order valence-electron chi connectivity index (χ4n) is 3.62. The average Bonchev–Trinajstić information content (AvgIpc) is 3.18. The van der Waals surface area contributed by atoms with Crippen LogP contribution in [0.15, 0.2) is 52.4 Å². The molecule has 0 fully saturated rings. The Balaban J connectivity index is 1.55. The van der Waals surface area contributed by atoms with Crippen LogP contribution >= 0.6 is 11.8 Å². The molecule has 8 heteroatoms. The Bertz CT molecular complexity index is 1280. The molecule has 0 spiro atoms. The summed E-state index contributed by atoms with van der Waals surface area (Å²) >= 11 is 1.40. The van der Waals surface area contributed by atoms with Crippen LogP contribution in [0.2, 0.25) is 0 Å². The van der Waals surface area contributed by atoms with Gasteiger partial charge in [-0.2, -0.15) is 0 Å². The number of fused-ring (bicyclic) bond motifs is 3. The molecule has 4 aromatic rings. The molecule has 7 nitrogen and oxygen atoms in total. The van der Waals surface area contributed by atoms with Gasteiger partial charge in [-0.25, -0.2) is 0 Å². The number of aromatic nitrogens is 4. The minimum Gasteiger partial charge on any atom is -0.491 e. The van der Waals surface area contributed by atoms with Crippen LogP contribution in [0.4, 0.5) is 0 Å². The van der Waals surface area contributed by atoms with Crippen molar-refractivity contribution in [1.29, 1.82) is 0 Å². The number of aliphatic hydroxyl groups excluding tert-OH is 1. The lowest BCUT2D eigenvalue weighted by Gasteiger charge is -2.14. The number of hydrogen-bond donors (Lipinski definition) is 1. The van der Waals surface area contributed by atoms with E-state index in [1.165, 1.54) is 17.3 Å². The van der Waals surface area contributed by atoms with Crippen molar-refractivity contribution in [1.82, 2.24) is 19.2 Å². The van der Waals surface area contributed by atoms with E-state index in [1.807, 2.05) is 61.6 Å². The summed E-state index contributed by atoms with van der Waals surface area (Å²) in [6.45, 7) is 6.81. The maximum Gasteiger partial charge on any atom is 0.262 e. The molecule has 0 aliphatic heterocycles. The lowest BCUT2D eigenvalue weighted by atomic mass is 10.1. The maximum atomic E-state index is 12.9. The molecule has 1 unspecified atom stereocenters. The highest BCUT2D eigenvalue weighted by atomic mass is 32.2. The monoisotopic (exact) mass is 438 g/mol. The minimum absolute atomic E-state index is 0.0594. The number of nitrogens with zero attached hydrogens (tertiary/aromatic N) is 4. The highest BCUT2D eigenvalue weighted by Gasteiger charge is 2.17. The van der Waals surface area contributed by atoms with Crippen LogP contribution in [0.1, 0.15) is 24.5 Å². The number of rotatable bonds is 8. The third-order valence-electron chi connectivity index (χ3n) is 5.09. The summed E-state index contributed by atoms with van der Waals surface area (Å²) < 4.78 is 9.36. The zero-order chi connectivity index (χ0) is 22.0. The van der Waals surface area contributed by atoms with Crippen LogP contribution in [0.25, 0.3) is 16.7 Å². The van der Waals surface area contributed by atoms with Gasteiger partial charge in [-0.1, -0.05) is 48.5 Å². The van der Waals surface area contributed by atoms with E-state index in [0.29, 0.717) is 28.6 Å². The van der Waals surface area contributed by atoms with Crippen molar-refractivity contribution in [3.05, 3.63) is 63.9 Å². The Labute approximate surface area is 184 Å². The fourth-order valence-corrected chi connectivity index (χ4v) is 4.46. The minimum atomic E-state index is -0.675. The van der Waals surface area contributed by atoms with Gasteiger partial charge in [0.2, 0.25) is 5.78 Å². The Morgan fingerprint density at radius 1 is 1.16 bits per heavy atom. The Morgan fingerprint density at radius 2 is 1.97 bits per heavy atom. The topological polar surface area (TPSA) is 81.7 Å². The number of hydrogen-bond acceptors (Lipinski definition) is 6. The summed E-state index contributed by atoms with van der Waals surface area (Å²) in [7, 11) is 0. The van der Waals surface area contributed by atoms with E-state index in [0.717, 1.165) is 23.3 Å². The number of aryl methyl sites for hydroxylation is 3. The molecule has 0 bridgehead atoms. The molecule has 2 aromatic carbocycles. The van der Waals surface area contributed by atoms with Gasteiger partial charge in [0.15, 0.2) is 5.16 Å². The zero-order valence-electron chi connectivity index (χ0n) is 17.9. The van der Waals surface area contributed by atoms with Crippen molar-refractivity contribution in [2.24, 2.45) is 0 Å². The average molecular weight is 439 g/mol. The van der Waals surface area contributed by atoms with E-state index >= 15 is 0 Å². The van der Waals surface area contributed by atoms with E-state index in [9.17, 15) is 9.90 Å². The molecule has 2 heterocycles. The molecule has 0 saturated heterocycles. The number of thioether (sulfide) groups is 1. The van der Waals surface area contributed by atoms with Crippen LogP contribution in [0.5, 0.6) is 5.75 Å². The lowest BCUT2D eigenvalue weighted by Crippen LogP contribution is -2.23. The van der Waals surface area contributed by atoms with Gasteiger partial charge in [-0.05, 0) is 44.0 Å². The smallest absolute Gasteiger partial charge is 0.262 e. The zero-order valence-corrected chi connectivity index (χ0v) is 18.7. The van der Waals surface area contributed by atoms with E-state index in [1.54, 1.807) is 4.57 Å². The molecule has 0 aliphatic rings. The summed E-state index contributed by atoms with van der Waals surface area (Å²) in [6.07, 6.45) is 0.142. The van der Waals surface area contributed by atoms with Crippen LogP contribution in [0, 0.1) is 13.8 Å². The fraction of sp³-hybridized carbons (Fsp3) is 0.348. The Morgan fingerprint density at radius 3 is 2.74 bits per heavy atom. The summed E-state index contributed by atoms with van der Waals surface area (Å²) in [5.74, 6) is 1.69. The van der Waals surface area contributed by atoms with Gasteiger partial charge in [0, 0.05) is 12.3 Å². The van der Waals surface area contributed by atoms with Gasteiger partial charge in [0.05, 0.1) is 17.0 Å². The first-order valence-corrected chi connectivity index (χ1v) is 11.4. The molecule has 0 amide bonds. The molecule has 0 radical (unpaired) electrons. The van der Waals surface area contributed by atoms with Crippen molar-refractivity contribution >= 4 is 28.4 Å². The SMILES string of the molecule is CCCn1c(=O)c2ccccc2n2c(SCC(O)COc3ccc(C)cc3C)nnc12. The standard InChI is InChI=1S/C23H26N4O3S/c1-4-11-26-21(29)18-7-5-6-8-19(18)27-22(26)24-25-23(27)31-14-17(28)13-30-20-10-9-15(2)12-16(20)3/h5-10,12,17,28H,4,11,13-14H2,1-3H3. The highest BCUT2D eigenvalue weighted by Crippen LogP contribution is 2.23. The normalized spacial score (nSPS) is 12.5. The summed E-state index contributed by atoms with van der Waals surface area (Å²) in [5, 5.41) is 20.3. The van der Waals surface area contributed by atoms with Crippen molar-refractivity contribution in [3.8, 4) is 5.75 Å². The number of aliphatic hydroxyl groups is 1. The van der Waals surface area contributed by atoms with Gasteiger partial charge in [0.25, 0.3) is 5.56 Å². The molecule has 31 heavy (non-hydrogen) atoms. The molecule has 4 rings (SSSR count). The van der Waals surface area contributed by atoms with Gasteiger partial charge in [-0.15, -0.1) is 10.2 Å². The van der Waals surface area contributed by atoms with Crippen LogP contribution in [-0.4, -0.2) is 42.7 Å². The number of para-hydroxylation sites is 1. The first-order chi connectivity index (χ1) is 15.0. The van der Waals surface area contributed by atoms with E-state index in [4.69, 9.17) is 4.74 Å². The van der Waals surface area contributed by atoms with E-state index in [-0.39, 0.29) is 12.2 Å². The first kappa shape index (κ1) is 21.4. The largest absolute Gasteiger partial charge is 0.491 e. The Hall–Kier alpha value is -2.84. The third kappa shape index (κ3) is 4.31. The van der Waals surface area contributed by atoms with Crippen molar-refractivity contribution in [2.45, 2.75) is 45.0 Å². The predicted molar refractivity (Wildman–Crippen MR) is 123 cm³/mol.